The average molecular weight is 396 g/mol. The van der Waals surface area contributed by atoms with Gasteiger partial charge in [0.15, 0.2) is 0 Å². The van der Waals surface area contributed by atoms with Gasteiger partial charge in [-0.1, -0.05) is 40.2 Å². The lowest BCUT2D eigenvalue weighted by Crippen LogP contribution is -2.05. The Morgan fingerprint density at radius 1 is 0.826 bits per heavy atom. The van der Waals surface area contributed by atoms with Gasteiger partial charge in [0.25, 0.3) is 0 Å². The van der Waals surface area contributed by atoms with E-state index in [-0.39, 0.29) is 21.7 Å². The van der Waals surface area contributed by atoms with E-state index in [2.05, 4.69) is 15.9 Å². The predicted octanol–water partition coefficient (Wildman–Crippen LogP) is 6.51. The first-order valence-electron chi connectivity index (χ1n) is 6.72. The van der Waals surface area contributed by atoms with E-state index in [4.69, 9.17) is 1.37 Å². The van der Waals surface area contributed by atoms with Crippen LogP contribution in [0.2, 0.25) is 0 Å². The van der Waals surface area contributed by atoms with Crippen LogP contribution in [0.1, 0.15) is 23.6 Å². The summed E-state index contributed by atoms with van der Waals surface area (Å²) in [4.78, 5) is -0.235. The molecule has 0 aliphatic carbocycles. The Bertz CT molecular complexity index is 755. The van der Waals surface area contributed by atoms with E-state index in [0.29, 0.717) is 0 Å². The molecule has 0 spiro atoms. The third-order valence-electron chi connectivity index (χ3n) is 3.07. The molecule has 0 nitrogen and oxygen atoms in total. The van der Waals surface area contributed by atoms with Crippen LogP contribution >= 0.6 is 15.9 Å². The van der Waals surface area contributed by atoms with Gasteiger partial charge in [-0.05, 0) is 45.9 Å². The van der Waals surface area contributed by atoms with Crippen LogP contribution in [0.25, 0.3) is 5.57 Å². The van der Waals surface area contributed by atoms with Crippen molar-refractivity contribution in [3.8, 4) is 0 Å². The minimum absolute atomic E-state index is 0.0647. The average Bonchev–Trinajstić information content (AvgIpc) is 2.46. The van der Waals surface area contributed by atoms with Crippen molar-refractivity contribution in [3.63, 3.8) is 0 Å². The first-order valence-corrected chi connectivity index (χ1v) is 7.01. The number of hydrogen-bond donors (Lipinski definition) is 0. The lowest BCUT2D eigenvalue weighted by atomic mass is 9.97. The van der Waals surface area contributed by atoms with Crippen molar-refractivity contribution >= 4 is 21.5 Å². The van der Waals surface area contributed by atoms with Crippen molar-refractivity contribution in [2.24, 2.45) is 0 Å². The Labute approximate surface area is 138 Å². The molecule has 0 radical (unpaired) electrons. The molecule has 0 N–H and O–H groups in total. The molecule has 0 aliphatic rings. The SMILES string of the molecule is [2H]/C(Br)=C(\c1ccc(C(F)(F)F)cc1)c1cccc(C(F)(F)F)c1. The van der Waals surface area contributed by atoms with Gasteiger partial charge in [0.05, 0.1) is 12.5 Å². The van der Waals surface area contributed by atoms with Crippen molar-refractivity contribution in [3.05, 3.63) is 75.7 Å². The van der Waals surface area contributed by atoms with E-state index in [1.807, 2.05) is 0 Å². The number of hydrogen-bond acceptors (Lipinski definition) is 0. The summed E-state index contributed by atoms with van der Waals surface area (Å²) in [6.07, 6.45) is -9.08. The normalized spacial score (nSPS) is 14.3. The topological polar surface area (TPSA) is 0 Å². The maximum absolute atomic E-state index is 12.8. The fourth-order valence-corrected chi connectivity index (χ4v) is 2.41. The Morgan fingerprint density at radius 3 is 1.87 bits per heavy atom. The van der Waals surface area contributed by atoms with Gasteiger partial charge in [-0.3, -0.25) is 0 Å². The summed E-state index contributed by atoms with van der Waals surface area (Å²) < 4.78 is 84.0. The van der Waals surface area contributed by atoms with Gasteiger partial charge in [0.2, 0.25) is 0 Å². The first-order chi connectivity index (χ1) is 11.0. The quantitative estimate of drug-likeness (QED) is 0.508. The summed E-state index contributed by atoms with van der Waals surface area (Å²) in [6, 6.07) is 8.14. The zero-order valence-electron chi connectivity index (χ0n) is 12.3. The highest BCUT2D eigenvalue weighted by Crippen LogP contribution is 2.34. The van der Waals surface area contributed by atoms with Crippen LogP contribution in [0.15, 0.2) is 53.5 Å². The first kappa shape index (κ1) is 16.1. The van der Waals surface area contributed by atoms with Crippen molar-refractivity contribution in [2.45, 2.75) is 12.4 Å². The number of alkyl halides is 6. The standard InChI is InChI=1S/C16H9BrF6/c17-9-14(10-4-6-12(7-5-10)15(18,19)20)11-2-1-3-13(8-11)16(21,22)23/h1-9H/b14-9-/i9D. The molecule has 0 unspecified atom stereocenters. The largest absolute Gasteiger partial charge is 0.416 e. The summed E-state index contributed by atoms with van der Waals surface area (Å²) >= 11 is 2.89. The zero-order chi connectivity index (χ0) is 18.1. The molecule has 0 heterocycles. The number of rotatable bonds is 2. The van der Waals surface area contributed by atoms with Gasteiger partial charge < -0.3 is 0 Å². The van der Waals surface area contributed by atoms with Crippen LogP contribution < -0.4 is 0 Å². The third-order valence-corrected chi connectivity index (χ3v) is 3.47. The molecule has 0 amide bonds. The van der Waals surface area contributed by atoms with E-state index < -0.39 is 23.5 Å². The molecule has 23 heavy (non-hydrogen) atoms. The lowest BCUT2D eigenvalue weighted by molar-refractivity contribution is -0.138. The molecular formula is C16H9BrF6. The molecule has 7 heteroatoms. The van der Waals surface area contributed by atoms with Crippen LogP contribution in [0.3, 0.4) is 0 Å². The van der Waals surface area contributed by atoms with Crippen LogP contribution in [0, 0.1) is 0 Å². The summed E-state index contributed by atoms with van der Waals surface area (Å²) in [5.74, 6) is 0. The summed E-state index contributed by atoms with van der Waals surface area (Å²) in [6.45, 7) is 0. The molecule has 0 atom stereocenters. The molecule has 0 saturated heterocycles. The van der Waals surface area contributed by atoms with E-state index in [0.717, 1.165) is 36.4 Å². The van der Waals surface area contributed by atoms with Crippen LogP contribution in [0.4, 0.5) is 26.3 Å². The highest BCUT2D eigenvalue weighted by molar-refractivity contribution is 9.11. The maximum Gasteiger partial charge on any atom is 0.416 e. The van der Waals surface area contributed by atoms with Gasteiger partial charge in [0.1, 0.15) is 0 Å². The molecule has 0 bridgehead atoms. The van der Waals surface area contributed by atoms with E-state index in [1.54, 1.807) is 0 Å². The van der Waals surface area contributed by atoms with E-state index in [9.17, 15) is 26.3 Å². The van der Waals surface area contributed by atoms with E-state index in [1.165, 1.54) is 12.1 Å². The molecule has 2 rings (SSSR count). The molecule has 0 aromatic heterocycles. The molecule has 0 aliphatic heterocycles. The summed E-state index contributed by atoms with van der Waals surface area (Å²) in [5.41, 5.74) is -1.45. The third kappa shape index (κ3) is 4.16. The molecule has 0 fully saturated rings. The van der Waals surface area contributed by atoms with Crippen molar-refractivity contribution in [2.75, 3.05) is 0 Å². The fourth-order valence-electron chi connectivity index (χ4n) is 1.95. The highest BCUT2D eigenvalue weighted by Gasteiger charge is 2.31. The van der Waals surface area contributed by atoms with Crippen LogP contribution in [-0.4, -0.2) is 0 Å². The molecule has 2 aromatic rings. The molecule has 122 valence electrons. The summed E-state index contributed by atoms with van der Waals surface area (Å²) in [7, 11) is 0. The second kappa shape index (κ2) is 6.39. The fraction of sp³-hybridized carbons (Fsp3) is 0.125. The van der Waals surface area contributed by atoms with Crippen LogP contribution in [0.5, 0.6) is 0 Å². The maximum atomic E-state index is 12.8. The molecule has 0 saturated carbocycles. The van der Waals surface area contributed by atoms with Gasteiger partial charge in [-0.25, -0.2) is 0 Å². The van der Waals surface area contributed by atoms with Crippen molar-refractivity contribution in [1.29, 1.82) is 0 Å². The van der Waals surface area contributed by atoms with Crippen LogP contribution in [-0.2, 0) is 12.4 Å². The Morgan fingerprint density at radius 2 is 1.39 bits per heavy atom. The van der Waals surface area contributed by atoms with Crippen molar-refractivity contribution in [1.82, 2.24) is 0 Å². The monoisotopic (exact) mass is 395 g/mol. The lowest BCUT2D eigenvalue weighted by Gasteiger charge is -2.12. The van der Waals surface area contributed by atoms with Gasteiger partial charge in [-0.2, -0.15) is 26.3 Å². The Balaban J connectivity index is 2.51. The second-order valence-corrected chi connectivity index (χ2v) is 5.02. The van der Waals surface area contributed by atoms with E-state index >= 15 is 0 Å². The number of benzene rings is 2. The zero-order valence-corrected chi connectivity index (χ0v) is 12.9. The second-order valence-electron chi connectivity index (χ2n) is 4.62. The van der Waals surface area contributed by atoms with Gasteiger partial charge in [0, 0.05) is 0 Å². The highest BCUT2D eigenvalue weighted by atomic mass is 79.9. The molecule has 2 aromatic carbocycles. The molecular weight excluding hydrogens is 386 g/mol. The number of halogens is 7. The van der Waals surface area contributed by atoms with Gasteiger partial charge in [-0.15, -0.1) is 0 Å². The predicted molar refractivity (Wildman–Crippen MR) is 78.9 cm³/mol. The minimum Gasteiger partial charge on any atom is -0.166 e. The Kier molecular flexibility index (Phi) is 4.48. The Hall–Kier alpha value is -1.76. The summed E-state index contributed by atoms with van der Waals surface area (Å²) in [5, 5.41) is 0. The van der Waals surface area contributed by atoms with Crippen molar-refractivity contribution < 1.29 is 27.7 Å². The van der Waals surface area contributed by atoms with Gasteiger partial charge >= 0.3 is 12.4 Å². The minimum atomic E-state index is -4.56. The smallest absolute Gasteiger partial charge is 0.166 e.